The fourth-order valence-electron chi connectivity index (χ4n) is 6.79. The van der Waals surface area contributed by atoms with Crippen LogP contribution in [-0.4, -0.2) is 0 Å². The van der Waals surface area contributed by atoms with Gasteiger partial charge in [0.15, 0.2) is 0 Å². The van der Waals surface area contributed by atoms with Crippen LogP contribution in [0.1, 0.15) is 53.4 Å². The molecule has 0 aromatic rings. The quantitative estimate of drug-likeness (QED) is 0.547. The molecule has 0 heterocycles. The molecule has 0 aromatic heterocycles. The van der Waals surface area contributed by atoms with Crippen LogP contribution in [0.3, 0.4) is 0 Å². The normalized spacial score (nSPS) is 66.6. The van der Waals surface area contributed by atoms with Crippen molar-refractivity contribution >= 4 is 0 Å². The molecule has 0 amide bonds. The minimum absolute atomic E-state index is 0.434. The molecule has 0 heteroatoms. The van der Waals surface area contributed by atoms with Crippen LogP contribution in [-0.2, 0) is 0 Å². The highest BCUT2D eigenvalue weighted by atomic mass is 14.9. The van der Waals surface area contributed by atoms with Crippen LogP contribution in [0.15, 0.2) is 0 Å². The second-order valence-corrected chi connectivity index (χ2v) is 7.71. The van der Waals surface area contributed by atoms with Crippen molar-refractivity contribution in [2.75, 3.05) is 0 Å². The van der Waals surface area contributed by atoms with Gasteiger partial charge in [0, 0.05) is 11.8 Å². The van der Waals surface area contributed by atoms with E-state index in [-0.39, 0.29) is 0 Å². The van der Waals surface area contributed by atoms with Gasteiger partial charge < -0.3 is 0 Å². The second kappa shape index (κ2) is 2.61. The number of fused-ring (bicyclic) bond motifs is 2. The summed E-state index contributed by atoms with van der Waals surface area (Å²) in [4.78, 5) is 0. The summed E-state index contributed by atoms with van der Waals surface area (Å²) in [5.41, 5.74) is 1.77. The Morgan fingerprint density at radius 1 is 0.824 bits per heavy atom. The maximum atomic E-state index is 3.73. The molecule has 7 unspecified atom stereocenters. The third kappa shape index (κ3) is 0.755. The molecule has 0 N–H and O–H groups in total. The fraction of sp³-hybridized carbons (Fsp3) is 0.882. The molecular formula is C17H24. The Balaban J connectivity index is 1.81. The van der Waals surface area contributed by atoms with Gasteiger partial charge in [-0.25, -0.2) is 0 Å². The molecule has 4 aliphatic carbocycles. The van der Waals surface area contributed by atoms with Gasteiger partial charge in [0.2, 0.25) is 0 Å². The number of hydrogen-bond donors (Lipinski definition) is 0. The third-order valence-corrected chi connectivity index (χ3v) is 7.53. The Morgan fingerprint density at radius 3 is 1.94 bits per heavy atom. The summed E-state index contributed by atoms with van der Waals surface area (Å²) in [6, 6.07) is 0. The minimum atomic E-state index is 0.434. The predicted molar refractivity (Wildman–Crippen MR) is 70.2 cm³/mol. The predicted octanol–water partition coefficient (Wildman–Crippen LogP) is 4.11. The van der Waals surface area contributed by atoms with Gasteiger partial charge in [-0.3, -0.25) is 0 Å². The first kappa shape index (κ1) is 10.5. The molecular weight excluding hydrogens is 204 g/mol. The zero-order valence-electron chi connectivity index (χ0n) is 11.6. The van der Waals surface area contributed by atoms with Crippen LogP contribution < -0.4 is 0 Å². The highest BCUT2D eigenvalue weighted by Gasteiger charge is 2.85. The maximum absolute atomic E-state index is 3.73. The summed E-state index contributed by atoms with van der Waals surface area (Å²) in [6.07, 6.45) is 5.52. The molecule has 0 nitrogen and oxygen atoms in total. The van der Waals surface area contributed by atoms with Crippen molar-refractivity contribution in [3.63, 3.8) is 0 Å². The zero-order valence-corrected chi connectivity index (χ0v) is 11.6. The lowest BCUT2D eigenvalue weighted by Crippen LogP contribution is -2.71. The molecule has 0 bridgehead atoms. The van der Waals surface area contributed by atoms with Crippen LogP contribution in [0.25, 0.3) is 0 Å². The Hall–Kier alpha value is -0.440. The molecule has 0 radical (unpaired) electrons. The van der Waals surface area contributed by atoms with E-state index < -0.39 is 0 Å². The molecule has 0 aliphatic heterocycles. The van der Waals surface area contributed by atoms with Crippen LogP contribution >= 0.6 is 0 Å². The fourth-order valence-corrected chi connectivity index (χ4v) is 6.79. The lowest BCUT2D eigenvalue weighted by atomic mass is 9.28. The van der Waals surface area contributed by atoms with Gasteiger partial charge in [0.25, 0.3) is 0 Å². The molecule has 3 saturated carbocycles. The average molecular weight is 228 g/mol. The van der Waals surface area contributed by atoms with Crippen molar-refractivity contribution in [3.8, 4) is 11.8 Å². The highest BCUT2D eigenvalue weighted by molar-refractivity contribution is 5.41. The molecule has 4 rings (SSSR count). The first-order valence-electron chi connectivity index (χ1n) is 7.51. The van der Waals surface area contributed by atoms with Crippen molar-refractivity contribution in [1.29, 1.82) is 0 Å². The van der Waals surface area contributed by atoms with Gasteiger partial charge in [0.1, 0.15) is 0 Å². The van der Waals surface area contributed by atoms with Crippen molar-refractivity contribution in [1.82, 2.24) is 0 Å². The highest BCUT2D eigenvalue weighted by Crippen LogP contribution is 2.90. The van der Waals surface area contributed by atoms with Gasteiger partial charge in [-0.15, -0.1) is 5.92 Å². The summed E-state index contributed by atoms with van der Waals surface area (Å²) in [7, 11) is 0. The minimum Gasteiger partial charge on any atom is -0.102 e. The van der Waals surface area contributed by atoms with Gasteiger partial charge in [-0.05, 0) is 53.8 Å². The Morgan fingerprint density at radius 2 is 1.53 bits per heavy atom. The van der Waals surface area contributed by atoms with Gasteiger partial charge in [0.05, 0.1) is 0 Å². The smallest absolute Gasteiger partial charge is 0.0416 e. The van der Waals surface area contributed by atoms with Crippen LogP contribution in [0.5, 0.6) is 0 Å². The Labute approximate surface area is 106 Å². The summed E-state index contributed by atoms with van der Waals surface area (Å²) < 4.78 is 0. The van der Waals surface area contributed by atoms with Gasteiger partial charge in [-0.2, -0.15) is 0 Å². The largest absolute Gasteiger partial charge is 0.102 e. The first-order valence-corrected chi connectivity index (χ1v) is 7.51. The topological polar surface area (TPSA) is 0 Å². The van der Waals surface area contributed by atoms with Crippen LogP contribution in [0.2, 0.25) is 0 Å². The Kier molecular flexibility index (Phi) is 1.61. The molecule has 7 atom stereocenters. The lowest BCUT2D eigenvalue weighted by molar-refractivity contribution is -0.267. The molecule has 0 aromatic carbocycles. The van der Waals surface area contributed by atoms with Crippen molar-refractivity contribution in [2.24, 2.45) is 39.9 Å². The number of hydrogen-bond acceptors (Lipinski definition) is 0. The molecule has 0 saturated heterocycles. The molecule has 4 aliphatic rings. The molecule has 3 spiro atoms. The standard InChI is InChI=1S/C17H24/c1-11-6-5-7-15(11)8-14(4)17(15)10-13(3)16(17)9-12(16)2/h11-14H,6,8-10H2,1-4H3. The second-order valence-electron chi connectivity index (χ2n) is 7.71. The summed E-state index contributed by atoms with van der Waals surface area (Å²) >= 11 is 0. The van der Waals surface area contributed by atoms with Crippen molar-refractivity contribution in [3.05, 3.63) is 0 Å². The van der Waals surface area contributed by atoms with E-state index in [9.17, 15) is 0 Å². The Bertz CT molecular complexity index is 452. The van der Waals surface area contributed by atoms with Gasteiger partial charge in [-0.1, -0.05) is 33.6 Å². The first-order chi connectivity index (χ1) is 8.01. The van der Waals surface area contributed by atoms with E-state index in [2.05, 4.69) is 39.5 Å². The lowest BCUT2D eigenvalue weighted by Gasteiger charge is -2.75. The summed E-state index contributed by atoms with van der Waals surface area (Å²) in [5.74, 6) is 10.9. The third-order valence-electron chi connectivity index (χ3n) is 7.53. The van der Waals surface area contributed by atoms with E-state index >= 15 is 0 Å². The van der Waals surface area contributed by atoms with Crippen LogP contribution in [0.4, 0.5) is 0 Å². The molecule has 92 valence electrons. The van der Waals surface area contributed by atoms with E-state index in [1.54, 1.807) is 0 Å². The van der Waals surface area contributed by atoms with E-state index in [0.717, 1.165) is 30.1 Å². The van der Waals surface area contributed by atoms with Crippen molar-refractivity contribution in [2.45, 2.75) is 53.4 Å². The van der Waals surface area contributed by atoms with Gasteiger partial charge >= 0.3 is 0 Å². The average Bonchev–Trinajstić information content (AvgIpc) is 2.86. The van der Waals surface area contributed by atoms with E-state index in [4.69, 9.17) is 0 Å². The van der Waals surface area contributed by atoms with E-state index in [1.165, 1.54) is 19.3 Å². The summed E-state index contributed by atoms with van der Waals surface area (Å²) in [5, 5.41) is 0. The monoisotopic (exact) mass is 228 g/mol. The van der Waals surface area contributed by atoms with E-state index in [0.29, 0.717) is 16.2 Å². The number of rotatable bonds is 0. The molecule has 3 fully saturated rings. The van der Waals surface area contributed by atoms with Crippen molar-refractivity contribution < 1.29 is 0 Å². The maximum Gasteiger partial charge on any atom is 0.0416 e. The zero-order chi connectivity index (χ0) is 12.1. The molecule has 17 heavy (non-hydrogen) atoms. The SMILES string of the molecule is CC1CC#CC12CC(C)C21CC(C)C12CC2C. The summed E-state index contributed by atoms with van der Waals surface area (Å²) in [6.45, 7) is 9.95. The van der Waals surface area contributed by atoms with Crippen LogP contribution in [0, 0.1) is 51.8 Å². The van der Waals surface area contributed by atoms with E-state index in [1.807, 2.05) is 0 Å².